The second-order valence-corrected chi connectivity index (χ2v) is 5.24. The molecule has 0 unspecified atom stereocenters. The Morgan fingerprint density at radius 1 is 0.474 bits per heavy atom. The molecule has 0 rings (SSSR count). The SMILES string of the molecule is [CH2-]CCCCCCCC.[CH2-]CCCCCCCC.[Mg+2]. The van der Waals surface area contributed by atoms with Crippen LogP contribution in [-0.4, -0.2) is 23.1 Å². The number of unbranched alkanes of at least 4 members (excludes halogenated alkanes) is 12. The van der Waals surface area contributed by atoms with Gasteiger partial charge in [0.1, 0.15) is 0 Å². The minimum absolute atomic E-state index is 0. The van der Waals surface area contributed by atoms with Crippen molar-refractivity contribution in [2.75, 3.05) is 0 Å². The Kier molecular flexibility index (Phi) is 35.4. The maximum atomic E-state index is 3.80. The minimum atomic E-state index is 0. The largest absolute Gasteiger partial charge is 2.00 e. The molecule has 0 nitrogen and oxygen atoms in total. The summed E-state index contributed by atoms with van der Waals surface area (Å²) >= 11 is 0. The number of hydrogen-bond acceptors (Lipinski definition) is 0. The summed E-state index contributed by atoms with van der Waals surface area (Å²) < 4.78 is 0. The fraction of sp³-hybridized carbons (Fsp3) is 0.889. The standard InChI is InChI=1S/2C9H19.Mg/c2*1-3-5-7-9-8-6-4-2;/h2*1,3-9H2,2H3;/q2*-1;+2. The zero-order valence-electron chi connectivity index (χ0n) is 14.0. The first-order valence-corrected chi connectivity index (χ1v) is 8.41. The fourth-order valence-corrected chi connectivity index (χ4v) is 1.91. The maximum absolute atomic E-state index is 3.80. The monoisotopic (exact) mass is 278 g/mol. The normalized spacial score (nSPS) is 9.47. The van der Waals surface area contributed by atoms with Gasteiger partial charge in [0, 0.05) is 0 Å². The predicted molar refractivity (Wildman–Crippen MR) is 92.5 cm³/mol. The van der Waals surface area contributed by atoms with Crippen molar-refractivity contribution in [2.45, 2.75) is 104 Å². The van der Waals surface area contributed by atoms with E-state index in [1.165, 1.54) is 77.0 Å². The summed E-state index contributed by atoms with van der Waals surface area (Å²) in [4.78, 5) is 0. The smallest absolute Gasteiger partial charge is 0.343 e. The Morgan fingerprint density at radius 2 is 0.737 bits per heavy atom. The second kappa shape index (κ2) is 27.2. The summed E-state index contributed by atoms with van der Waals surface area (Å²) in [7, 11) is 0. The Morgan fingerprint density at radius 3 is 1.00 bits per heavy atom. The van der Waals surface area contributed by atoms with Crippen LogP contribution >= 0.6 is 0 Å². The third-order valence-electron chi connectivity index (χ3n) is 3.21. The van der Waals surface area contributed by atoms with Gasteiger partial charge in [0.2, 0.25) is 0 Å². The Labute approximate surface area is 140 Å². The van der Waals surface area contributed by atoms with Crippen molar-refractivity contribution in [2.24, 2.45) is 0 Å². The van der Waals surface area contributed by atoms with Crippen LogP contribution in [0.5, 0.6) is 0 Å². The van der Waals surface area contributed by atoms with Crippen LogP contribution in [0.25, 0.3) is 0 Å². The van der Waals surface area contributed by atoms with Gasteiger partial charge in [0.15, 0.2) is 0 Å². The van der Waals surface area contributed by atoms with Crippen molar-refractivity contribution in [1.82, 2.24) is 0 Å². The number of rotatable bonds is 12. The molecule has 0 aromatic rings. The Bertz CT molecular complexity index is 86.3. The van der Waals surface area contributed by atoms with E-state index >= 15 is 0 Å². The molecule has 0 heterocycles. The van der Waals surface area contributed by atoms with E-state index in [9.17, 15) is 0 Å². The summed E-state index contributed by atoms with van der Waals surface area (Å²) in [5.74, 6) is 0. The minimum Gasteiger partial charge on any atom is -0.343 e. The Balaban J connectivity index is -0.000000256. The third-order valence-corrected chi connectivity index (χ3v) is 3.21. The molecule has 0 aliphatic rings. The van der Waals surface area contributed by atoms with Crippen LogP contribution in [0.4, 0.5) is 0 Å². The van der Waals surface area contributed by atoms with Crippen molar-refractivity contribution in [3.05, 3.63) is 13.8 Å². The second-order valence-electron chi connectivity index (χ2n) is 5.24. The first kappa shape index (κ1) is 24.8. The van der Waals surface area contributed by atoms with Gasteiger partial charge < -0.3 is 13.8 Å². The summed E-state index contributed by atoms with van der Waals surface area (Å²) in [6.07, 6.45) is 18.9. The summed E-state index contributed by atoms with van der Waals surface area (Å²) in [5, 5.41) is 0. The van der Waals surface area contributed by atoms with Crippen LogP contribution in [0.1, 0.15) is 104 Å². The molecule has 0 saturated carbocycles. The van der Waals surface area contributed by atoms with Gasteiger partial charge in [-0.2, -0.15) is 12.8 Å². The van der Waals surface area contributed by atoms with Gasteiger partial charge in [-0.15, -0.1) is 0 Å². The average Bonchev–Trinajstić information content (AvgIpc) is 2.39. The molecule has 0 fully saturated rings. The molecule has 0 spiro atoms. The van der Waals surface area contributed by atoms with Crippen LogP contribution in [0, 0.1) is 13.8 Å². The van der Waals surface area contributed by atoms with E-state index in [1.807, 2.05) is 0 Å². The van der Waals surface area contributed by atoms with Crippen LogP contribution in [0.2, 0.25) is 0 Å². The third kappa shape index (κ3) is 32.4. The summed E-state index contributed by atoms with van der Waals surface area (Å²) in [5.41, 5.74) is 0. The van der Waals surface area contributed by atoms with E-state index in [-0.39, 0.29) is 23.1 Å². The maximum Gasteiger partial charge on any atom is 2.00 e. The van der Waals surface area contributed by atoms with Crippen molar-refractivity contribution in [3.8, 4) is 0 Å². The quantitative estimate of drug-likeness (QED) is 0.210. The van der Waals surface area contributed by atoms with Crippen LogP contribution in [0.15, 0.2) is 0 Å². The molecule has 1 heteroatoms. The zero-order chi connectivity index (χ0) is 13.9. The van der Waals surface area contributed by atoms with Crippen LogP contribution < -0.4 is 0 Å². The van der Waals surface area contributed by atoms with Crippen molar-refractivity contribution in [3.63, 3.8) is 0 Å². The van der Waals surface area contributed by atoms with E-state index < -0.39 is 0 Å². The topological polar surface area (TPSA) is 0 Å². The van der Waals surface area contributed by atoms with Crippen molar-refractivity contribution >= 4 is 23.1 Å². The zero-order valence-corrected chi connectivity index (χ0v) is 15.4. The van der Waals surface area contributed by atoms with E-state index in [0.717, 1.165) is 12.8 Å². The predicted octanol–water partition coefficient (Wildman–Crippen LogP) is 6.76. The molecule has 0 aliphatic heterocycles. The number of hydrogen-bond donors (Lipinski definition) is 0. The molecular weight excluding hydrogens is 241 g/mol. The molecule has 0 saturated heterocycles. The first-order valence-electron chi connectivity index (χ1n) is 8.41. The van der Waals surface area contributed by atoms with E-state index in [1.54, 1.807) is 0 Å². The van der Waals surface area contributed by atoms with E-state index in [2.05, 4.69) is 27.7 Å². The van der Waals surface area contributed by atoms with Crippen molar-refractivity contribution in [1.29, 1.82) is 0 Å². The molecule has 0 bridgehead atoms. The van der Waals surface area contributed by atoms with Crippen LogP contribution in [-0.2, 0) is 0 Å². The van der Waals surface area contributed by atoms with Gasteiger partial charge in [0.05, 0.1) is 0 Å². The molecular formula is C18H38Mg. The first-order chi connectivity index (χ1) is 8.83. The molecule has 0 aliphatic carbocycles. The molecule has 19 heavy (non-hydrogen) atoms. The van der Waals surface area contributed by atoms with E-state index in [4.69, 9.17) is 0 Å². The van der Waals surface area contributed by atoms with E-state index in [0.29, 0.717) is 0 Å². The summed E-state index contributed by atoms with van der Waals surface area (Å²) in [6, 6.07) is 0. The molecule has 112 valence electrons. The van der Waals surface area contributed by atoms with Gasteiger partial charge in [0.25, 0.3) is 0 Å². The molecule has 0 aromatic carbocycles. The molecule has 0 N–H and O–H groups in total. The average molecular weight is 279 g/mol. The Hall–Kier alpha value is 0.766. The van der Waals surface area contributed by atoms with Crippen molar-refractivity contribution < 1.29 is 0 Å². The molecule has 0 atom stereocenters. The van der Waals surface area contributed by atoms with Crippen LogP contribution in [0.3, 0.4) is 0 Å². The van der Waals surface area contributed by atoms with Gasteiger partial charge in [-0.3, -0.25) is 0 Å². The fourth-order valence-electron chi connectivity index (χ4n) is 1.91. The van der Waals surface area contributed by atoms with Gasteiger partial charge in [-0.25, -0.2) is 0 Å². The molecule has 0 amide bonds. The molecule has 0 radical (unpaired) electrons. The van der Waals surface area contributed by atoms with Gasteiger partial charge in [-0.05, 0) is 0 Å². The molecule has 0 aromatic heterocycles. The summed E-state index contributed by atoms with van der Waals surface area (Å²) in [6.45, 7) is 12.1. The van der Waals surface area contributed by atoms with Gasteiger partial charge >= 0.3 is 23.1 Å². The van der Waals surface area contributed by atoms with Gasteiger partial charge in [-0.1, -0.05) is 90.9 Å².